The summed E-state index contributed by atoms with van der Waals surface area (Å²) in [7, 11) is 0. The molecule has 0 aliphatic carbocycles. The van der Waals surface area contributed by atoms with Gasteiger partial charge in [0.2, 0.25) is 0 Å². The fraction of sp³-hybridized carbons (Fsp3) is 0.107. The maximum absolute atomic E-state index is 13.3. The molecule has 1 aromatic heterocycles. The third-order valence-electron chi connectivity index (χ3n) is 5.95. The van der Waals surface area contributed by atoms with Crippen molar-refractivity contribution in [1.82, 2.24) is 9.88 Å². The highest BCUT2D eigenvalue weighted by molar-refractivity contribution is 6.39. The number of carbonyl (C=O) groups excluding carboxylic acids is 3. The van der Waals surface area contributed by atoms with Crippen molar-refractivity contribution in [3.8, 4) is 0 Å². The highest BCUT2D eigenvalue weighted by atomic mass is 16.2. The van der Waals surface area contributed by atoms with Gasteiger partial charge in [0, 0.05) is 29.2 Å². The summed E-state index contributed by atoms with van der Waals surface area (Å²) in [4.78, 5) is 39.5. The van der Waals surface area contributed by atoms with Gasteiger partial charge in [0.25, 0.3) is 11.8 Å². The van der Waals surface area contributed by atoms with E-state index in [4.69, 9.17) is 0 Å². The Morgan fingerprint density at radius 2 is 1.62 bits per heavy atom. The summed E-state index contributed by atoms with van der Waals surface area (Å²) in [5, 5.41) is 3.22. The van der Waals surface area contributed by atoms with Gasteiger partial charge < -0.3 is 4.57 Å². The molecule has 34 heavy (non-hydrogen) atoms. The third kappa shape index (κ3) is 3.90. The highest BCUT2D eigenvalue weighted by Gasteiger charge is 2.37. The maximum atomic E-state index is 13.3. The SMILES string of the molecule is Cc1ccc(Cn2cc(C=C3C(=O)NC(=O)N(c4cccc(C)c4)C3=O)c3ccccc32)cc1. The quantitative estimate of drug-likeness (QED) is 0.353. The van der Waals surface area contributed by atoms with Gasteiger partial charge in [-0.3, -0.25) is 14.9 Å². The van der Waals surface area contributed by atoms with Crippen LogP contribution in [0, 0.1) is 13.8 Å². The Morgan fingerprint density at radius 3 is 2.38 bits per heavy atom. The second kappa shape index (κ2) is 8.48. The second-order valence-corrected chi connectivity index (χ2v) is 8.51. The molecule has 0 spiro atoms. The molecule has 1 aliphatic rings. The standard InChI is InChI=1S/C28H23N3O3/c1-18-10-12-20(13-11-18)16-30-17-21(23-8-3-4-9-25(23)30)15-24-26(32)29-28(34)31(27(24)33)22-7-5-6-19(2)14-22/h3-15,17H,16H2,1-2H3,(H,29,32,34). The van der Waals surface area contributed by atoms with Crippen LogP contribution in [0.25, 0.3) is 17.0 Å². The minimum atomic E-state index is -0.750. The zero-order valence-electron chi connectivity index (χ0n) is 18.9. The van der Waals surface area contributed by atoms with Gasteiger partial charge in [-0.2, -0.15) is 0 Å². The lowest BCUT2D eigenvalue weighted by atomic mass is 10.1. The number of carbonyl (C=O) groups is 3. The molecule has 6 nitrogen and oxygen atoms in total. The molecule has 168 valence electrons. The van der Waals surface area contributed by atoms with Crippen molar-refractivity contribution < 1.29 is 14.4 Å². The van der Waals surface area contributed by atoms with Crippen molar-refractivity contribution in [2.75, 3.05) is 4.90 Å². The number of hydrogen-bond acceptors (Lipinski definition) is 3. The minimum absolute atomic E-state index is 0.0839. The van der Waals surface area contributed by atoms with E-state index in [1.807, 2.05) is 43.5 Å². The van der Waals surface area contributed by atoms with Gasteiger partial charge >= 0.3 is 6.03 Å². The Kier molecular flexibility index (Phi) is 5.34. The van der Waals surface area contributed by atoms with E-state index in [1.54, 1.807) is 24.3 Å². The first kappa shape index (κ1) is 21.4. The minimum Gasteiger partial charge on any atom is -0.342 e. The molecular formula is C28H23N3O3. The first-order valence-corrected chi connectivity index (χ1v) is 11.0. The smallest absolute Gasteiger partial charge is 0.335 e. The number of amides is 4. The zero-order valence-corrected chi connectivity index (χ0v) is 18.9. The van der Waals surface area contributed by atoms with E-state index in [1.165, 1.54) is 5.56 Å². The van der Waals surface area contributed by atoms with Gasteiger partial charge in [-0.15, -0.1) is 0 Å². The number of urea groups is 1. The van der Waals surface area contributed by atoms with Crippen molar-refractivity contribution in [1.29, 1.82) is 0 Å². The Bertz CT molecular complexity index is 1480. The van der Waals surface area contributed by atoms with Crippen molar-refractivity contribution in [2.24, 2.45) is 0 Å². The van der Waals surface area contributed by atoms with E-state index in [9.17, 15) is 14.4 Å². The maximum Gasteiger partial charge on any atom is 0.335 e. The number of anilines is 1. The molecule has 0 bridgehead atoms. The Balaban J connectivity index is 1.56. The predicted molar refractivity (Wildman–Crippen MR) is 132 cm³/mol. The molecule has 4 aromatic rings. The molecule has 0 saturated carbocycles. The van der Waals surface area contributed by atoms with E-state index in [-0.39, 0.29) is 5.57 Å². The van der Waals surface area contributed by atoms with E-state index in [0.717, 1.165) is 32.5 Å². The van der Waals surface area contributed by atoms with Crippen LogP contribution >= 0.6 is 0 Å². The van der Waals surface area contributed by atoms with Crippen LogP contribution in [0.15, 0.2) is 84.6 Å². The summed E-state index contributed by atoms with van der Waals surface area (Å²) in [6, 6.07) is 22.5. The first-order valence-electron chi connectivity index (χ1n) is 11.0. The molecule has 4 amide bonds. The first-order chi connectivity index (χ1) is 16.4. The van der Waals surface area contributed by atoms with Crippen LogP contribution in [-0.2, 0) is 16.1 Å². The molecule has 0 atom stereocenters. The highest BCUT2D eigenvalue weighted by Crippen LogP contribution is 2.27. The predicted octanol–water partition coefficient (Wildman–Crippen LogP) is 4.97. The fourth-order valence-corrected chi connectivity index (χ4v) is 4.23. The number of benzene rings is 3. The summed E-state index contributed by atoms with van der Waals surface area (Å²) in [5.74, 6) is -1.34. The summed E-state index contributed by atoms with van der Waals surface area (Å²) in [6.07, 6.45) is 3.51. The number of fused-ring (bicyclic) bond motifs is 1. The third-order valence-corrected chi connectivity index (χ3v) is 5.95. The molecule has 6 heteroatoms. The number of barbiturate groups is 1. The van der Waals surface area contributed by atoms with E-state index in [2.05, 4.69) is 41.1 Å². The number of para-hydroxylation sites is 1. The van der Waals surface area contributed by atoms with Crippen LogP contribution in [0.3, 0.4) is 0 Å². The van der Waals surface area contributed by atoms with Crippen LogP contribution in [0.5, 0.6) is 0 Å². The van der Waals surface area contributed by atoms with Gasteiger partial charge in [-0.1, -0.05) is 60.2 Å². The Labute approximate surface area is 197 Å². The van der Waals surface area contributed by atoms with Crippen molar-refractivity contribution >= 4 is 40.5 Å². The molecule has 1 aliphatic heterocycles. The lowest BCUT2D eigenvalue weighted by Gasteiger charge is -2.26. The number of nitrogens with zero attached hydrogens (tertiary/aromatic N) is 2. The molecule has 5 rings (SSSR count). The van der Waals surface area contributed by atoms with Gasteiger partial charge in [0.1, 0.15) is 5.57 Å². The van der Waals surface area contributed by atoms with Crippen LogP contribution < -0.4 is 10.2 Å². The summed E-state index contributed by atoms with van der Waals surface area (Å²) < 4.78 is 2.10. The van der Waals surface area contributed by atoms with Crippen LogP contribution in [-0.4, -0.2) is 22.4 Å². The molecule has 0 unspecified atom stereocenters. The molecule has 1 N–H and O–H groups in total. The topological polar surface area (TPSA) is 71.4 Å². The summed E-state index contributed by atoms with van der Waals surface area (Å²) in [5.41, 5.74) is 5.31. The van der Waals surface area contributed by atoms with Gasteiger partial charge in [-0.05, 0) is 49.2 Å². The van der Waals surface area contributed by atoms with E-state index >= 15 is 0 Å². The number of imide groups is 2. The lowest BCUT2D eigenvalue weighted by Crippen LogP contribution is -2.54. The number of rotatable bonds is 4. The summed E-state index contributed by atoms with van der Waals surface area (Å²) in [6.45, 7) is 4.58. The van der Waals surface area contributed by atoms with Crippen molar-refractivity contribution in [2.45, 2.75) is 20.4 Å². The Morgan fingerprint density at radius 1 is 0.853 bits per heavy atom. The number of aromatic nitrogens is 1. The molecular weight excluding hydrogens is 426 g/mol. The average Bonchev–Trinajstić information content (AvgIpc) is 3.15. The monoisotopic (exact) mass is 449 g/mol. The number of hydrogen-bond donors (Lipinski definition) is 1. The number of nitrogens with one attached hydrogen (secondary N) is 1. The number of aryl methyl sites for hydroxylation is 2. The van der Waals surface area contributed by atoms with E-state index < -0.39 is 17.8 Å². The molecule has 3 aromatic carbocycles. The van der Waals surface area contributed by atoms with Gasteiger partial charge in [-0.25, -0.2) is 9.69 Å². The van der Waals surface area contributed by atoms with Crippen LogP contribution in [0.2, 0.25) is 0 Å². The molecule has 0 radical (unpaired) electrons. The average molecular weight is 450 g/mol. The van der Waals surface area contributed by atoms with Crippen LogP contribution in [0.1, 0.15) is 22.3 Å². The normalized spacial score (nSPS) is 15.3. The zero-order chi connectivity index (χ0) is 23.8. The fourth-order valence-electron chi connectivity index (χ4n) is 4.23. The lowest BCUT2D eigenvalue weighted by molar-refractivity contribution is -0.122. The van der Waals surface area contributed by atoms with Crippen LogP contribution in [0.4, 0.5) is 10.5 Å². The van der Waals surface area contributed by atoms with E-state index in [0.29, 0.717) is 12.2 Å². The molecule has 1 saturated heterocycles. The van der Waals surface area contributed by atoms with Gasteiger partial charge in [0.15, 0.2) is 0 Å². The second-order valence-electron chi connectivity index (χ2n) is 8.51. The summed E-state index contributed by atoms with van der Waals surface area (Å²) >= 11 is 0. The molecule has 1 fully saturated rings. The van der Waals surface area contributed by atoms with Gasteiger partial charge in [0.05, 0.1) is 5.69 Å². The largest absolute Gasteiger partial charge is 0.342 e. The Hall–Kier alpha value is -4.45. The van der Waals surface area contributed by atoms with Crippen molar-refractivity contribution in [3.05, 3.63) is 107 Å². The molecule has 2 heterocycles. The van der Waals surface area contributed by atoms with Crippen molar-refractivity contribution in [3.63, 3.8) is 0 Å².